The first-order chi connectivity index (χ1) is 12.5. The zero-order valence-corrected chi connectivity index (χ0v) is 14.9. The Morgan fingerprint density at radius 1 is 1.00 bits per heavy atom. The molecule has 2 unspecified atom stereocenters. The number of nitrogens with one attached hydrogen (secondary N) is 1. The van der Waals surface area contributed by atoms with Gasteiger partial charge in [0.1, 0.15) is 5.75 Å². The third kappa shape index (κ3) is 2.31. The Hall–Kier alpha value is -2.51. The molecule has 2 aliphatic rings. The first kappa shape index (κ1) is 15.7. The summed E-state index contributed by atoms with van der Waals surface area (Å²) in [7, 11) is -3.50. The van der Waals surface area contributed by atoms with Crippen molar-refractivity contribution in [1.29, 1.82) is 0 Å². The maximum atomic E-state index is 13.1. The summed E-state index contributed by atoms with van der Waals surface area (Å²) in [6, 6.07) is 14.4. The minimum absolute atomic E-state index is 0.0156. The summed E-state index contributed by atoms with van der Waals surface area (Å²) >= 11 is 0. The fourth-order valence-electron chi connectivity index (χ4n) is 4.21. The molecular weight excluding hydrogens is 350 g/mol. The van der Waals surface area contributed by atoms with Crippen LogP contribution in [0.3, 0.4) is 0 Å². The van der Waals surface area contributed by atoms with Gasteiger partial charge in [0.25, 0.3) is 0 Å². The molecule has 2 bridgehead atoms. The SMILES string of the molecule is O=S(=O)(c1ccc2cc[nH]c2c1)N1CC2CC1CN2c1ccc(O)cc1. The quantitative estimate of drug-likeness (QED) is 0.744. The molecule has 2 aliphatic heterocycles. The van der Waals surface area contributed by atoms with Crippen LogP contribution >= 0.6 is 0 Å². The molecule has 7 heteroatoms. The van der Waals surface area contributed by atoms with Gasteiger partial charge in [-0.25, -0.2) is 8.42 Å². The van der Waals surface area contributed by atoms with E-state index in [2.05, 4.69) is 9.88 Å². The highest BCUT2D eigenvalue weighted by molar-refractivity contribution is 7.89. The van der Waals surface area contributed by atoms with Gasteiger partial charge in [0.15, 0.2) is 0 Å². The first-order valence-corrected chi connectivity index (χ1v) is 10.1. The van der Waals surface area contributed by atoms with Crippen molar-refractivity contribution in [1.82, 2.24) is 9.29 Å². The van der Waals surface area contributed by atoms with Gasteiger partial charge in [-0.2, -0.15) is 4.31 Å². The van der Waals surface area contributed by atoms with E-state index in [1.165, 1.54) is 0 Å². The second-order valence-electron chi connectivity index (χ2n) is 7.01. The lowest BCUT2D eigenvalue weighted by molar-refractivity contribution is 0.368. The van der Waals surface area contributed by atoms with Crippen LogP contribution in [-0.2, 0) is 10.0 Å². The lowest BCUT2D eigenvalue weighted by atomic mass is 10.2. The number of hydrogen-bond acceptors (Lipinski definition) is 4. The zero-order valence-electron chi connectivity index (χ0n) is 14.0. The third-order valence-electron chi connectivity index (χ3n) is 5.50. The van der Waals surface area contributed by atoms with Crippen LogP contribution in [-0.4, -0.2) is 48.0 Å². The van der Waals surface area contributed by atoms with E-state index in [9.17, 15) is 13.5 Å². The molecule has 2 aromatic carbocycles. The number of aromatic nitrogens is 1. The number of rotatable bonds is 3. The van der Waals surface area contributed by atoms with E-state index in [0.29, 0.717) is 18.0 Å². The van der Waals surface area contributed by atoms with Crippen LogP contribution in [0.2, 0.25) is 0 Å². The predicted octanol–water partition coefficient (Wildman–Crippen LogP) is 2.53. The summed E-state index contributed by atoms with van der Waals surface area (Å²) in [5, 5.41) is 10.5. The molecule has 2 N–H and O–H groups in total. The number of aromatic hydroxyl groups is 1. The minimum atomic E-state index is -3.50. The molecule has 6 nitrogen and oxygen atoms in total. The number of aromatic amines is 1. The van der Waals surface area contributed by atoms with Crippen LogP contribution in [0.15, 0.2) is 59.6 Å². The molecule has 0 aliphatic carbocycles. The highest BCUT2D eigenvalue weighted by Crippen LogP contribution is 2.38. The third-order valence-corrected chi connectivity index (χ3v) is 7.42. The van der Waals surface area contributed by atoms with Gasteiger partial charge >= 0.3 is 0 Å². The van der Waals surface area contributed by atoms with Crippen LogP contribution in [0.5, 0.6) is 5.75 Å². The van der Waals surface area contributed by atoms with Gasteiger partial charge in [0.2, 0.25) is 10.0 Å². The molecule has 0 radical (unpaired) electrons. The summed E-state index contributed by atoms with van der Waals surface area (Å²) < 4.78 is 27.9. The van der Waals surface area contributed by atoms with Crippen LogP contribution in [0.1, 0.15) is 6.42 Å². The fourth-order valence-corrected chi connectivity index (χ4v) is 5.90. The Morgan fingerprint density at radius 2 is 1.81 bits per heavy atom. The predicted molar refractivity (Wildman–Crippen MR) is 99.8 cm³/mol. The lowest BCUT2D eigenvalue weighted by Crippen LogP contribution is -2.48. The molecule has 2 atom stereocenters. The van der Waals surface area contributed by atoms with E-state index in [1.54, 1.807) is 28.6 Å². The Kier molecular flexibility index (Phi) is 3.32. The van der Waals surface area contributed by atoms with Gasteiger partial charge in [-0.05, 0) is 54.3 Å². The fraction of sp³-hybridized carbons (Fsp3) is 0.263. The van der Waals surface area contributed by atoms with Gasteiger partial charge in [0, 0.05) is 42.6 Å². The van der Waals surface area contributed by atoms with Crippen molar-refractivity contribution in [2.24, 2.45) is 0 Å². The maximum Gasteiger partial charge on any atom is 0.243 e. The molecular formula is C19H19N3O3S. The standard InChI is InChI=1S/C19H19N3O3S/c23-17-4-2-14(3-5-17)21-11-16-9-15(21)12-22(16)26(24,25)18-6-1-13-7-8-20-19(13)10-18/h1-8,10,15-16,20,23H,9,11-12H2. The maximum absolute atomic E-state index is 13.1. The highest BCUT2D eigenvalue weighted by atomic mass is 32.2. The molecule has 1 aromatic heterocycles. The Bertz CT molecular complexity index is 1070. The molecule has 26 heavy (non-hydrogen) atoms. The van der Waals surface area contributed by atoms with Gasteiger partial charge < -0.3 is 15.0 Å². The number of anilines is 1. The monoisotopic (exact) mass is 369 g/mol. The van der Waals surface area contributed by atoms with Crippen molar-refractivity contribution in [3.05, 3.63) is 54.7 Å². The molecule has 134 valence electrons. The zero-order chi connectivity index (χ0) is 17.9. The average Bonchev–Trinajstić information content (AvgIpc) is 3.36. The van der Waals surface area contributed by atoms with Gasteiger partial charge in [0.05, 0.1) is 4.90 Å². The molecule has 3 heterocycles. The van der Waals surface area contributed by atoms with E-state index in [-0.39, 0.29) is 17.8 Å². The average molecular weight is 369 g/mol. The van der Waals surface area contributed by atoms with Crippen molar-refractivity contribution in [3.63, 3.8) is 0 Å². The normalized spacial score (nSPS) is 23.2. The lowest BCUT2D eigenvalue weighted by Gasteiger charge is -2.35. The van der Waals surface area contributed by atoms with E-state index in [0.717, 1.165) is 23.0 Å². The van der Waals surface area contributed by atoms with Crippen molar-refractivity contribution in [3.8, 4) is 5.75 Å². The first-order valence-electron chi connectivity index (χ1n) is 8.67. The van der Waals surface area contributed by atoms with Crippen LogP contribution in [0, 0.1) is 0 Å². The number of H-pyrrole nitrogens is 1. The van der Waals surface area contributed by atoms with Crippen molar-refractivity contribution in [2.75, 3.05) is 18.0 Å². The van der Waals surface area contributed by atoms with E-state index < -0.39 is 10.0 Å². The van der Waals surface area contributed by atoms with Crippen LogP contribution < -0.4 is 4.90 Å². The molecule has 5 rings (SSSR count). The number of hydrogen-bond donors (Lipinski definition) is 2. The number of sulfonamides is 1. The Balaban J connectivity index is 1.41. The number of phenols is 1. The van der Waals surface area contributed by atoms with Gasteiger partial charge in [-0.1, -0.05) is 6.07 Å². The highest BCUT2D eigenvalue weighted by Gasteiger charge is 2.48. The molecule has 2 saturated heterocycles. The number of piperazine rings is 1. The van der Waals surface area contributed by atoms with Crippen molar-refractivity contribution in [2.45, 2.75) is 23.4 Å². The summed E-state index contributed by atoms with van der Waals surface area (Å²) in [6.07, 6.45) is 2.65. The number of nitrogens with zero attached hydrogens (tertiary/aromatic N) is 2. The summed E-state index contributed by atoms with van der Waals surface area (Å²) in [4.78, 5) is 5.66. The summed E-state index contributed by atoms with van der Waals surface area (Å²) in [6.45, 7) is 1.18. The molecule has 0 saturated carbocycles. The second-order valence-corrected chi connectivity index (χ2v) is 8.90. The number of phenolic OH excluding ortho intramolecular Hbond substituents is 1. The van der Waals surface area contributed by atoms with Crippen LogP contribution in [0.25, 0.3) is 10.9 Å². The van der Waals surface area contributed by atoms with E-state index in [1.807, 2.05) is 30.5 Å². The largest absolute Gasteiger partial charge is 0.508 e. The van der Waals surface area contributed by atoms with Crippen molar-refractivity contribution >= 4 is 26.6 Å². The second kappa shape index (κ2) is 5.49. The van der Waals surface area contributed by atoms with Gasteiger partial charge in [-0.3, -0.25) is 0 Å². The molecule has 0 spiro atoms. The topological polar surface area (TPSA) is 76.6 Å². The van der Waals surface area contributed by atoms with E-state index >= 15 is 0 Å². The molecule has 0 amide bonds. The molecule has 2 fully saturated rings. The molecule has 3 aromatic rings. The summed E-state index contributed by atoms with van der Waals surface area (Å²) in [5.41, 5.74) is 1.86. The number of fused-ring (bicyclic) bond motifs is 3. The van der Waals surface area contributed by atoms with E-state index in [4.69, 9.17) is 0 Å². The smallest absolute Gasteiger partial charge is 0.243 e. The van der Waals surface area contributed by atoms with Crippen molar-refractivity contribution < 1.29 is 13.5 Å². The summed E-state index contributed by atoms with van der Waals surface area (Å²) in [5.74, 6) is 0.238. The Labute approximate surface area is 151 Å². The van der Waals surface area contributed by atoms with Crippen LogP contribution in [0.4, 0.5) is 5.69 Å². The number of benzene rings is 2. The van der Waals surface area contributed by atoms with Gasteiger partial charge in [-0.15, -0.1) is 0 Å². The Morgan fingerprint density at radius 3 is 2.54 bits per heavy atom. The minimum Gasteiger partial charge on any atom is -0.508 e.